The van der Waals surface area contributed by atoms with E-state index < -0.39 is 0 Å². The van der Waals surface area contributed by atoms with Crippen LogP contribution in [0.3, 0.4) is 0 Å². The number of nitrogens with two attached hydrogens (primary N) is 1. The van der Waals surface area contributed by atoms with Crippen molar-refractivity contribution in [3.63, 3.8) is 0 Å². The van der Waals surface area contributed by atoms with Crippen molar-refractivity contribution in [1.29, 1.82) is 0 Å². The van der Waals surface area contributed by atoms with E-state index in [4.69, 9.17) is 15.2 Å². The van der Waals surface area contributed by atoms with E-state index in [9.17, 15) is 0 Å². The molecule has 0 bridgehead atoms. The molecule has 2 atom stereocenters. The number of hydrogen-bond donors (Lipinski definition) is 1. The van der Waals surface area contributed by atoms with E-state index in [1.165, 1.54) is 32.0 Å². The molecule has 0 saturated heterocycles. The molecule has 0 amide bonds. The molecule has 1 heterocycles. The first-order chi connectivity index (χ1) is 8.83. The van der Waals surface area contributed by atoms with Crippen LogP contribution >= 0.6 is 0 Å². The SMILES string of the molecule is COc1cc(OCC2CCCCC2CN)ncn1. The summed E-state index contributed by atoms with van der Waals surface area (Å²) in [5, 5.41) is 0. The highest BCUT2D eigenvalue weighted by Crippen LogP contribution is 2.29. The molecule has 0 radical (unpaired) electrons. The fraction of sp³-hybridized carbons (Fsp3) is 0.692. The van der Waals surface area contributed by atoms with Crippen LogP contribution in [-0.2, 0) is 0 Å². The molecule has 18 heavy (non-hydrogen) atoms. The zero-order valence-electron chi connectivity index (χ0n) is 10.8. The van der Waals surface area contributed by atoms with Crippen molar-refractivity contribution < 1.29 is 9.47 Å². The number of rotatable bonds is 5. The lowest BCUT2D eigenvalue weighted by atomic mass is 9.80. The van der Waals surface area contributed by atoms with E-state index in [0.29, 0.717) is 30.2 Å². The molecule has 2 rings (SSSR count). The quantitative estimate of drug-likeness (QED) is 0.861. The van der Waals surface area contributed by atoms with Crippen LogP contribution in [0.2, 0.25) is 0 Å². The molecule has 1 aromatic rings. The minimum Gasteiger partial charge on any atom is -0.481 e. The van der Waals surface area contributed by atoms with Gasteiger partial charge in [-0.2, -0.15) is 0 Å². The van der Waals surface area contributed by atoms with Crippen LogP contribution in [0.1, 0.15) is 25.7 Å². The van der Waals surface area contributed by atoms with Gasteiger partial charge in [-0.3, -0.25) is 0 Å². The van der Waals surface area contributed by atoms with Gasteiger partial charge in [-0.1, -0.05) is 12.8 Å². The topological polar surface area (TPSA) is 70.3 Å². The van der Waals surface area contributed by atoms with Crippen LogP contribution in [0, 0.1) is 11.8 Å². The van der Waals surface area contributed by atoms with Gasteiger partial charge in [0.05, 0.1) is 19.8 Å². The second kappa shape index (κ2) is 6.54. The number of aromatic nitrogens is 2. The Balaban J connectivity index is 1.89. The van der Waals surface area contributed by atoms with Gasteiger partial charge >= 0.3 is 0 Å². The van der Waals surface area contributed by atoms with Crippen LogP contribution in [0.5, 0.6) is 11.8 Å². The second-order valence-electron chi connectivity index (χ2n) is 4.75. The molecular formula is C13H21N3O2. The fourth-order valence-corrected chi connectivity index (χ4v) is 2.52. The highest BCUT2D eigenvalue weighted by atomic mass is 16.5. The van der Waals surface area contributed by atoms with Gasteiger partial charge in [0, 0.05) is 0 Å². The third-order valence-corrected chi connectivity index (χ3v) is 3.64. The van der Waals surface area contributed by atoms with E-state index in [1.807, 2.05) is 0 Å². The van der Waals surface area contributed by atoms with Gasteiger partial charge < -0.3 is 15.2 Å². The summed E-state index contributed by atoms with van der Waals surface area (Å²) in [6.45, 7) is 1.43. The van der Waals surface area contributed by atoms with E-state index in [1.54, 1.807) is 13.2 Å². The largest absolute Gasteiger partial charge is 0.481 e. The summed E-state index contributed by atoms with van der Waals surface area (Å²) in [5.41, 5.74) is 5.81. The molecule has 5 nitrogen and oxygen atoms in total. The fourth-order valence-electron chi connectivity index (χ4n) is 2.52. The maximum atomic E-state index is 5.81. The van der Waals surface area contributed by atoms with Crippen molar-refractivity contribution in [2.24, 2.45) is 17.6 Å². The number of hydrogen-bond acceptors (Lipinski definition) is 5. The molecule has 0 aromatic carbocycles. The molecule has 2 unspecified atom stereocenters. The highest BCUT2D eigenvalue weighted by molar-refractivity contribution is 5.17. The smallest absolute Gasteiger partial charge is 0.220 e. The molecule has 100 valence electrons. The van der Waals surface area contributed by atoms with Gasteiger partial charge in [-0.15, -0.1) is 0 Å². The third kappa shape index (κ3) is 3.32. The van der Waals surface area contributed by atoms with Crippen molar-refractivity contribution in [2.45, 2.75) is 25.7 Å². The van der Waals surface area contributed by atoms with Crippen LogP contribution in [0.4, 0.5) is 0 Å². The maximum absolute atomic E-state index is 5.81. The van der Waals surface area contributed by atoms with Gasteiger partial charge in [-0.05, 0) is 31.2 Å². The van der Waals surface area contributed by atoms with Gasteiger partial charge in [-0.25, -0.2) is 9.97 Å². The maximum Gasteiger partial charge on any atom is 0.220 e. The zero-order valence-corrected chi connectivity index (χ0v) is 10.8. The van der Waals surface area contributed by atoms with Gasteiger partial charge in [0.1, 0.15) is 6.33 Å². The summed E-state index contributed by atoms with van der Waals surface area (Å²) in [6, 6.07) is 1.71. The Kier molecular flexibility index (Phi) is 4.75. The third-order valence-electron chi connectivity index (χ3n) is 3.64. The van der Waals surface area contributed by atoms with E-state index in [-0.39, 0.29) is 0 Å². The molecule has 5 heteroatoms. The first kappa shape index (κ1) is 13.1. The Morgan fingerprint density at radius 2 is 1.94 bits per heavy atom. The lowest BCUT2D eigenvalue weighted by Gasteiger charge is -2.30. The Hall–Kier alpha value is -1.36. The normalized spacial score (nSPS) is 23.7. The van der Waals surface area contributed by atoms with Gasteiger partial charge in [0.2, 0.25) is 11.8 Å². The standard InChI is InChI=1S/C13H21N3O2/c1-17-12-6-13(16-9-15-12)18-8-11-5-3-2-4-10(11)7-14/h6,9-11H,2-5,7-8,14H2,1H3. The molecular weight excluding hydrogens is 230 g/mol. The summed E-state index contributed by atoms with van der Waals surface area (Å²) in [5.74, 6) is 2.23. The Bertz CT molecular complexity index is 373. The lowest BCUT2D eigenvalue weighted by molar-refractivity contribution is 0.149. The number of nitrogens with zero attached hydrogens (tertiary/aromatic N) is 2. The van der Waals surface area contributed by atoms with Gasteiger partial charge in [0.25, 0.3) is 0 Å². The molecule has 2 N–H and O–H groups in total. The minimum atomic E-state index is 0.527. The first-order valence-corrected chi connectivity index (χ1v) is 6.52. The predicted molar refractivity (Wildman–Crippen MR) is 68.6 cm³/mol. The van der Waals surface area contributed by atoms with Crippen LogP contribution in [0.15, 0.2) is 12.4 Å². The lowest BCUT2D eigenvalue weighted by Crippen LogP contribution is -2.30. The van der Waals surface area contributed by atoms with Crippen molar-refractivity contribution in [2.75, 3.05) is 20.3 Å². The minimum absolute atomic E-state index is 0.527. The molecule has 1 saturated carbocycles. The van der Waals surface area contributed by atoms with Crippen molar-refractivity contribution in [3.8, 4) is 11.8 Å². The van der Waals surface area contributed by atoms with Crippen LogP contribution in [-0.4, -0.2) is 30.2 Å². The van der Waals surface area contributed by atoms with E-state index in [0.717, 1.165) is 6.54 Å². The summed E-state index contributed by atoms with van der Waals surface area (Å²) in [4.78, 5) is 8.03. The molecule has 1 aliphatic carbocycles. The van der Waals surface area contributed by atoms with Gasteiger partial charge in [0.15, 0.2) is 0 Å². The van der Waals surface area contributed by atoms with E-state index >= 15 is 0 Å². The average Bonchev–Trinajstić information content (AvgIpc) is 2.45. The monoisotopic (exact) mass is 251 g/mol. The summed E-state index contributed by atoms with van der Waals surface area (Å²) in [7, 11) is 1.58. The Morgan fingerprint density at radius 1 is 1.22 bits per heavy atom. The summed E-state index contributed by atoms with van der Waals surface area (Å²) in [6.07, 6.45) is 6.44. The van der Waals surface area contributed by atoms with Crippen molar-refractivity contribution in [1.82, 2.24) is 9.97 Å². The predicted octanol–water partition coefficient (Wildman–Crippen LogP) is 1.63. The van der Waals surface area contributed by atoms with Crippen molar-refractivity contribution in [3.05, 3.63) is 12.4 Å². The Labute approximate surface area is 108 Å². The average molecular weight is 251 g/mol. The van der Waals surface area contributed by atoms with E-state index in [2.05, 4.69) is 9.97 Å². The number of ether oxygens (including phenoxy) is 2. The second-order valence-corrected chi connectivity index (χ2v) is 4.75. The molecule has 1 fully saturated rings. The molecule has 1 aromatic heterocycles. The van der Waals surface area contributed by atoms with Crippen LogP contribution in [0.25, 0.3) is 0 Å². The van der Waals surface area contributed by atoms with Crippen LogP contribution < -0.4 is 15.2 Å². The Morgan fingerprint density at radius 3 is 2.67 bits per heavy atom. The number of methoxy groups -OCH3 is 1. The molecule has 0 aliphatic heterocycles. The summed E-state index contributed by atoms with van der Waals surface area (Å²) >= 11 is 0. The van der Waals surface area contributed by atoms with Crippen molar-refractivity contribution >= 4 is 0 Å². The summed E-state index contributed by atoms with van der Waals surface area (Å²) < 4.78 is 10.8. The first-order valence-electron chi connectivity index (χ1n) is 6.52. The molecule has 0 spiro atoms. The highest BCUT2D eigenvalue weighted by Gasteiger charge is 2.24. The molecule has 1 aliphatic rings. The zero-order chi connectivity index (χ0) is 12.8.